The molecule has 1 heterocycles. The third kappa shape index (κ3) is 2.80. The molecule has 0 aliphatic rings. The second kappa shape index (κ2) is 5.75. The van der Waals surface area contributed by atoms with Crippen molar-refractivity contribution in [1.29, 1.82) is 0 Å². The molecule has 0 unspecified atom stereocenters. The van der Waals surface area contributed by atoms with Crippen LogP contribution in [0.4, 0.5) is 5.69 Å². The van der Waals surface area contributed by atoms with Crippen molar-refractivity contribution in [1.82, 2.24) is 20.2 Å². The Labute approximate surface area is 120 Å². The lowest BCUT2D eigenvalue weighted by atomic mass is 10.3. The highest BCUT2D eigenvalue weighted by molar-refractivity contribution is 7.98. The number of tetrazole rings is 1. The van der Waals surface area contributed by atoms with Gasteiger partial charge in [-0.2, -0.15) is 4.68 Å². The first-order valence-corrected chi connectivity index (χ1v) is 7.12. The molecule has 2 aromatic carbocycles. The Morgan fingerprint density at radius 3 is 2.70 bits per heavy atom. The molecule has 20 heavy (non-hydrogen) atoms. The van der Waals surface area contributed by atoms with E-state index in [1.165, 1.54) is 0 Å². The van der Waals surface area contributed by atoms with Crippen LogP contribution in [0.5, 0.6) is 0 Å². The molecule has 0 radical (unpaired) electrons. The topological polar surface area (TPSA) is 69.6 Å². The maximum Gasteiger partial charge on any atom is 0.166 e. The lowest BCUT2D eigenvalue weighted by Crippen LogP contribution is -2.01. The highest BCUT2D eigenvalue weighted by atomic mass is 32.2. The monoisotopic (exact) mass is 283 g/mol. The summed E-state index contributed by atoms with van der Waals surface area (Å²) < 4.78 is 1.75. The molecule has 0 bridgehead atoms. The van der Waals surface area contributed by atoms with Gasteiger partial charge in [-0.15, -0.1) is 16.9 Å². The average Bonchev–Trinajstić information content (AvgIpc) is 2.95. The fraction of sp³-hybridized carbons (Fsp3) is 0.0714. The van der Waals surface area contributed by atoms with Crippen molar-refractivity contribution < 1.29 is 0 Å². The minimum atomic E-state index is 0.686. The molecule has 6 heteroatoms. The quantitative estimate of drug-likeness (QED) is 0.588. The largest absolute Gasteiger partial charge is 0.399 e. The van der Waals surface area contributed by atoms with Gasteiger partial charge in [-0.25, -0.2) is 0 Å². The molecule has 0 atom stereocenters. The first-order valence-electron chi connectivity index (χ1n) is 6.14. The zero-order valence-electron chi connectivity index (χ0n) is 10.7. The number of aromatic nitrogens is 4. The van der Waals surface area contributed by atoms with E-state index < -0.39 is 0 Å². The highest BCUT2D eigenvalue weighted by Crippen LogP contribution is 2.24. The van der Waals surface area contributed by atoms with Crippen LogP contribution in [0.25, 0.3) is 5.69 Å². The van der Waals surface area contributed by atoms with Crippen LogP contribution in [0, 0.1) is 0 Å². The van der Waals surface area contributed by atoms with Crippen molar-refractivity contribution in [2.45, 2.75) is 10.6 Å². The summed E-state index contributed by atoms with van der Waals surface area (Å²) in [5.41, 5.74) is 7.49. The van der Waals surface area contributed by atoms with Gasteiger partial charge in [0, 0.05) is 10.6 Å². The zero-order chi connectivity index (χ0) is 13.8. The molecule has 0 fully saturated rings. The summed E-state index contributed by atoms with van der Waals surface area (Å²) in [6.45, 7) is 0. The maximum atomic E-state index is 5.77. The van der Waals surface area contributed by atoms with Crippen LogP contribution in [-0.4, -0.2) is 20.2 Å². The van der Waals surface area contributed by atoms with Crippen molar-refractivity contribution in [2.75, 3.05) is 5.73 Å². The number of hydrogen-bond acceptors (Lipinski definition) is 5. The van der Waals surface area contributed by atoms with Gasteiger partial charge in [-0.05, 0) is 40.8 Å². The molecule has 0 aliphatic carbocycles. The van der Waals surface area contributed by atoms with Crippen molar-refractivity contribution in [3.63, 3.8) is 0 Å². The first-order chi connectivity index (χ1) is 9.83. The smallest absolute Gasteiger partial charge is 0.166 e. The summed E-state index contributed by atoms with van der Waals surface area (Å²) in [7, 11) is 0. The average molecular weight is 283 g/mol. The standard InChI is InChI=1S/C14H13N5S/c15-11-5-4-8-13(9-11)20-10-14-16-17-18-19(14)12-6-2-1-3-7-12/h1-9H,10,15H2. The predicted molar refractivity (Wildman–Crippen MR) is 79.6 cm³/mol. The van der Waals surface area contributed by atoms with E-state index in [1.54, 1.807) is 16.4 Å². The fourth-order valence-corrected chi connectivity index (χ4v) is 2.69. The number of nitrogens with two attached hydrogens (primary N) is 1. The molecule has 100 valence electrons. The maximum absolute atomic E-state index is 5.77. The number of para-hydroxylation sites is 1. The number of anilines is 1. The molecule has 0 aliphatic heterocycles. The van der Waals surface area contributed by atoms with Crippen molar-refractivity contribution >= 4 is 17.4 Å². The minimum Gasteiger partial charge on any atom is -0.399 e. The third-order valence-corrected chi connectivity index (χ3v) is 3.75. The van der Waals surface area contributed by atoms with Gasteiger partial charge < -0.3 is 5.73 Å². The van der Waals surface area contributed by atoms with Crippen molar-refractivity contribution in [3.8, 4) is 5.69 Å². The van der Waals surface area contributed by atoms with Crippen LogP contribution in [0.3, 0.4) is 0 Å². The minimum absolute atomic E-state index is 0.686. The molecule has 1 aromatic heterocycles. The Kier molecular flexibility index (Phi) is 3.64. The van der Waals surface area contributed by atoms with Gasteiger partial charge in [-0.3, -0.25) is 0 Å². The number of benzene rings is 2. The summed E-state index contributed by atoms with van der Waals surface area (Å²) in [4.78, 5) is 1.10. The van der Waals surface area contributed by atoms with Gasteiger partial charge in [0.2, 0.25) is 0 Å². The van der Waals surface area contributed by atoms with Gasteiger partial charge in [0.1, 0.15) is 0 Å². The van der Waals surface area contributed by atoms with Crippen LogP contribution in [-0.2, 0) is 5.75 Å². The molecular weight excluding hydrogens is 270 g/mol. The first kappa shape index (κ1) is 12.7. The number of nitrogens with zero attached hydrogens (tertiary/aromatic N) is 4. The summed E-state index contributed by atoms with van der Waals surface area (Å²) in [5.74, 6) is 1.49. The number of nitrogen functional groups attached to an aromatic ring is 1. The van der Waals surface area contributed by atoms with Crippen molar-refractivity contribution in [3.05, 3.63) is 60.4 Å². The summed E-state index contributed by atoms with van der Waals surface area (Å²) in [5, 5.41) is 11.9. The molecular formula is C14H13N5S. The van der Waals surface area contributed by atoms with E-state index in [9.17, 15) is 0 Å². The molecule has 3 aromatic rings. The highest BCUT2D eigenvalue weighted by Gasteiger charge is 2.08. The molecule has 2 N–H and O–H groups in total. The molecule has 0 saturated carbocycles. The van der Waals surface area contributed by atoms with Gasteiger partial charge >= 0.3 is 0 Å². The van der Waals surface area contributed by atoms with E-state index in [4.69, 9.17) is 5.73 Å². The Balaban J connectivity index is 1.78. The second-order valence-corrected chi connectivity index (χ2v) is 5.25. The van der Waals surface area contributed by atoms with Gasteiger partial charge in [0.15, 0.2) is 5.82 Å². The third-order valence-electron chi connectivity index (χ3n) is 2.76. The molecule has 0 amide bonds. The van der Waals surface area contributed by atoms with Crippen LogP contribution in [0.2, 0.25) is 0 Å². The van der Waals surface area contributed by atoms with Crippen LogP contribution in [0.15, 0.2) is 59.5 Å². The second-order valence-electron chi connectivity index (χ2n) is 4.20. The molecule has 0 saturated heterocycles. The number of rotatable bonds is 4. The van der Waals surface area contributed by atoms with Crippen LogP contribution >= 0.6 is 11.8 Å². The lowest BCUT2D eigenvalue weighted by Gasteiger charge is -2.04. The van der Waals surface area contributed by atoms with E-state index in [1.807, 2.05) is 54.6 Å². The fourth-order valence-electron chi connectivity index (χ4n) is 1.82. The number of hydrogen-bond donors (Lipinski definition) is 1. The van der Waals surface area contributed by atoms with Crippen molar-refractivity contribution in [2.24, 2.45) is 0 Å². The molecule has 0 spiro atoms. The van der Waals surface area contributed by atoms with E-state index in [0.717, 1.165) is 22.1 Å². The number of thioether (sulfide) groups is 1. The summed E-state index contributed by atoms with van der Waals surface area (Å²) >= 11 is 1.66. The molecule has 3 rings (SSSR count). The van der Waals surface area contributed by atoms with Gasteiger partial charge in [-0.1, -0.05) is 24.3 Å². The Morgan fingerprint density at radius 2 is 1.90 bits per heavy atom. The Bertz CT molecular complexity index is 696. The Morgan fingerprint density at radius 1 is 1.05 bits per heavy atom. The SMILES string of the molecule is Nc1cccc(SCc2nnnn2-c2ccccc2)c1. The summed E-state index contributed by atoms with van der Waals surface area (Å²) in [6, 6.07) is 17.6. The summed E-state index contributed by atoms with van der Waals surface area (Å²) in [6.07, 6.45) is 0. The van der Waals surface area contributed by atoms with Gasteiger partial charge in [0.05, 0.1) is 11.4 Å². The predicted octanol–water partition coefficient (Wildman–Crippen LogP) is 2.54. The zero-order valence-corrected chi connectivity index (χ0v) is 11.5. The lowest BCUT2D eigenvalue weighted by molar-refractivity contribution is 0.777. The van der Waals surface area contributed by atoms with E-state index >= 15 is 0 Å². The molecule has 5 nitrogen and oxygen atoms in total. The Hall–Kier alpha value is -2.34. The van der Waals surface area contributed by atoms with Crippen LogP contribution < -0.4 is 5.73 Å². The van der Waals surface area contributed by atoms with E-state index in [2.05, 4.69) is 15.5 Å². The van der Waals surface area contributed by atoms with E-state index in [0.29, 0.717) is 5.75 Å². The normalized spacial score (nSPS) is 10.6. The van der Waals surface area contributed by atoms with E-state index in [-0.39, 0.29) is 0 Å². The van der Waals surface area contributed by atoms with Gasteiger partial charge in [0.25, 0.3) is 0 Å². The van der Waals surface area contributed by atoms with Crippen LogP contribution in [0.1, 0.15) is 5.82 Å².